The fourth-order valence-corrected chi connectivity index (χ4v) is 1.75. The van der Waals surface area contributed by atoms with Gasteiger partial charge in [-0.2, -0.15) is 4.98 Å². The number of aliphatic hydroxyl groups is 1. The van der Waals surface area contributed by atoms with Gasteiger partial charge in [-0.25, -0.2) is 4.68 Å². The molecule has 1 aromatic carbocycles. The highest BCUT2D eigenvalue weighted by Gasteiger charge is 2.02. The second-order valence-corrected chi connectivity index (χ2v) is 4.35. The molecule has 0 radical (unpaired) electrons. The van der Waals surface area contributed by atoms with E-state index in [1.54, 1.807) is 11.7 Å². The Bertz CT molecular complexity index is 561. The third-order valence-electron chi connectivity index (χ3n) is 2.73. The number of nitrogen functional groups attached to an aromatic ring is 1. The van der Waals surface area contributed by atoms with Crippen LogP contribution in [0.15, 0.2) is 24.3 Å². The van der Waals surface area contributed by atoms with Crippen LogP contribution in [-0.2, 0) is 13.7 Å². The summed E-state index contributed by atoms with van der Waals surface area (Å²) in [5.74, 6) is 1.66. The van der Waals surface area contributed by atoms with Crippen LogP contribution in [-0.4, -0.2) is 33.0 Å². The van der Waals surface area contributed by atoms with E-state index in [4.69, 9.17) is 15.6 Å². The minimum atomic E-state index is 0. The van der Waals surface area contributed by atoms with Gasteiger partial charge in [0.15, 0.2) is 0 Å². The molecule has 2 aromatic rings. The molecule has 0 aliphatic rings. The molecule has 0 aliphatic carbocycles. The van der Waals surface area contributed by atoms with E-state index in [0.717, 1.165) is 17.7 Å². The first-order valence-electron chi connectivity index (χ1n) is 6.42. The predicted octanol–water partition coefficient (Wildman–Crippen LogP) is 1.19. The first-order chi connectivity index (χ1) is 9.69. The van der Waals surface area contributed by atoms with E-state index in [9.17, 15) is 0 Å². The van der Waals surface area contributed by atoms with Gasteiger partial charge in [0.25, 0.3) is 0 Å². The molecule has 21 heavy (non-hydrogen) atoms. The maximum absolute atomic E-state index is 9.03. The average molecular weight is 314 g/mol. The number of anilines is 2. The summed E-state index contributed by atoms with van der Waals surface area (Å²) in [6.45, 7) is 1.31. The zero-order chi connectivity index (χ0) is 14.4. The Morgan fingerprint density at radius 1 is 1.43 bits per heavy atom. The molecule has 116 valence electrons. The van der Waals surface area contributed by atoms with Crippen LogP contribution in [0, 0.1) is 0 Å². The molecule has 0 atom stereocenters. The normalized spacial score (nSPS) is 10.0. The van der Waals surface area contributed by atoms with Gasteiger partial charge in [-0.3, -0.25) is 0 Å². The number of hydrogen-bond donors (Lipinski definition) is 3. The number of nitrogens with zero attached hydrogens (tertiary/aromatic N) is 3. The molecular formula is C13H20ClN5O2. The standard InChI is InChI=1S/C13H19N5O2.ClH/c1-18-13(16-12(14)17-18)15-6-3-7-20-11-5-2-4-10(8-11)9-19;/h2,4-5,8,19H,3,6-7,9H2,1H3,(H3,14,15,16,17);1H. The quantitative estimate of drug-likeness (QED) is 0.664. The van der Waals surface area contributed by atoms with Gasteiger partial charge in [0.05, 0.1) is 13.2 Å². The lowest BCUT2D eigenvalue weighted by Crippen LogP contribution is -2.10. The topological polar surface area (TPSA) is 98.2 Å². The van der Waals surface area contributed by atoms with E-state index in [1.807, 2.05) is 24.3 Å². The Labute approximate surface area is 129 Å². The summed E-state index contributed by atoms with van der Waals surface area (Å²) in [6.07, 6.45) is 0.816. The SMILES string of the molecule is Cl.Cn1nc(N)nc1NCCCOc1cccc(CO)c1. The average Bonchev–Trinajstić information content (AvgIpc) is 2.77. The summed E-state index contributed by atoms with van der Waals surface area (Å²) in [7, 11) is 1.78. The van der Waals surface area contributed by atoms with Gasteiger partial charge in [0, 0.05) is 13.6 Å². The first-order valence-corrected chi connectivity index (χ1v) is 6.42. The lowest BCUT2D eigenvalue weighted by atomic mass is 10.2. The zero-order valence-electron chi connectivity index (χ0n) is 11.8. The third kappa shape index (κ3) is 5.13. The van der Waals surface area contributed by atoms with Crippen molar-refractivity contribution < 1.29 is 9.84 Å². The number of aliphatic hydroxyl groups excluding tert-OH is 1. The van der Waals surface area contributed by atoms with Gasteiger partial charge in [-0.05, 0) is 24.1 Å². The monoisotopic (exact) mass is 313 g/mol. The van der Waals surface area contributed by atoms with Crippen LogP contribution in [0.25, 0.3) is 0 Å². The van der Waals surface area contributed by atoms with Crippen LogP contribution in [0.1, 0.15) is 12.0 Å². The Morgan fingerprint density at radius 3 is 2.90 bits per heavy atom. The highest BCUT2D eigenvalue weighted by Crippen LogP contribution is 2.13. The number of hydrogen-bond acceptors (Lipinski definition) is 6. The minimum Gasteiger partial charge on any atom is -0.494 e. The van der Waals surface area contributed by atoms with Gasteiger partial charge < -0.3 is 20.9 Å². The van der Waals surface area contributed by atoms with Crippen molar-refractivity contribution in [2.75, 3.05) is 24.2 Å². The molecule has 1 heterocycles. The highest BCUT2D eigenvalue weighted by atomic mass is 35.5. The fourth-order valence-electron chi connectivity index (χ4n) is 1.75. The zero-order valence-corrected chi connectivity index (χ0v) is 12.6. The number of aromatic nitrogens is 3. The van der Waals surface area contributed by atoms with Crippen molar-refractivity contribution in [1.82, 2.24) is 14.8 Å². The molecule has 1 aromatic heterocycles. The van der Waals surface area contributed by atoms with Gasteiger partial charge in [0.1, 0.15) is 5.75 Å². The van der Waals surface area contributed by atoms with E-state index in [2.05, 4.69) is 15.4 Å². The van der Waals surface area contributed by atoms with Gasteiger partial charge in [-0.1, -0.05) is 12.1 Å². The van der Waals surface area contributed by atoms with Crippen molar-refractivity contribution in [2.24, 2.45) is 7.05 Å². The number of benzene rings is 1. The summed E-state index contributed by atoms with van der Waals surface area (Å²) < 4.78 is 7.20. The van der Waals surface area contributed by atoms with E-state index in [1.165, 1.54) is 0 Å². The van der Waals surface area contributed by atoms with Crippen LogP contribution < -0.4 is 15.8 Å². The van der Waals surface area contributed by atoms with Crippen LogP contribution in [0.2, 0.25) is 0 Å². The molecular weight excluding hydrogens is 294 g/mol. The molecule has 2 rings (SSSR count). The molecule has 0 fully saturated rings. The van der Waals surface area contributed by atoms with Crippen LogP contribution in [0.3, 0.4) is 0 Å². The van der Waals surface area contributed by atoms with E-state index in [0.29, 0.717) is 19.1 Å². The number of ether oxygens (including phenoxy) is 1. The Hall–Kier alpha value is -1.99. The number of rotatable bonds is 7. The molecule has 0 bridgehead atoms. The predicted molar refractivity (Wildman–Crippen MR) is 83.6 cm³/mol. The largest absolute Gasteiger partial charge is 0.494 e. The van der Waals surface area contributed by atoms with E-state index in [-0.39, 0.29) is 25.0 Å². The van der Waals surface area contributed by atoms with Gasteiger partial charge in [0.2, 0.25) is 11.9 Å². The molecule has 0 saturated carbocycles. The number of nitrogens with one attached hydrogen (secondary N) is 1. The van der Waals surface area contributed by atoms with Crippen molar-refractivity contribution >= 4 is 24.3 Å². The van der Waals surface area contributed by atoms with Crippen LogP contribution >= 0.6 is 12.4 Å². The van der Waals surface area contributed by atoms with Crippen molar-refractivity contribution in [1.29, 1.82) is 0 Å². The number of halogens is 1. The first kappa shape index (κ1) is 17.1. The lowest BCUT2D eigenvalue weighted by molar-refractivity contribution is 0.279. The van der Waals surface area contributed by atoms with Crippen LogP contribution in [0.4, 0.5) is 11.9 Å². The molecule has 8 heteroatoms. The van der Waals surface area contributed by atoms with E-state index >= 15 is 0 Å². The maximum Gasteiger partial charge on any atom is 0.241 e. The summed E-state index contributed by atoms with van der Waals surface area (Å²) in [4.78, 5) is 4.04. The second kappa shape index (κ2) is 8.33. The molecule has 0 spiro atoms. The summed E-state index contributed by atoms with van der Waals surface area (Å²) >= 11 is 0. The Kier molecular flexibility index (Phi) is 6.77. The van der Waals surface area contributed by atoms with Crippen molar-refractivity contribution in [3.8, 4) is 5.75 Å². The molecule has 0 aliphatic heterocycles. The van der Waals surface area contributed by atoms with Gasteiger partial charge in [-0.15, -0.1) is 17.5 Å². The molecule has 0 saturated heterocycles. The minimum absolute atomic E-state index is 0. The van der Waals surface area contributed by atoms with Crippen molar-refractivity contribution in [3.05, 3.63) is 29.8 Å². The molecule has 4 N–H and O–H groups in total. The summed E-state index contributed by atoms with van der Waals surface area (Å²) in [6, 6.07) is 7.42. The van der Waals surface area contributed by atoms with E-state index < -0.39 is 0 Å². The Morgan fingerprint density at radius 2 is 2.24 bits per heavy atom. The maximum atomic E-state index is 9.03. The molecule has 7 nitrogen and oxygen atoms in total. The number of nitrogens with two attached hydrogens (primary N) is 1. The summed E-state index contributed by atoms with van der Waals surface area (Å²) in [5.41, 5.74) is 6.33. The van der Waals surface area contributed by atoms with Crippen molar-refractivity contribution in [2.45, 2.75) is 13.0 Å². The molecule has 0 unspecified atom stereocenters. The summed E-state index contributed by atoms with van der Waals surface area (Å²) in [5, 5.41) is 16.1. The van der Waals surface area contributed by atoms with Crippen LogP contribution in [0.5, 0.6) is 5.75 Å². The third-order valence-corrected chi connectivity index (χ3v) is 2.73. The lowest BCUT2D eigenvalue weighted by Gasteiger charge is -2.08. The Balaban J connectivity index is 0.00000220. The second-order valence-electron chi connectivity index (χ2n) is 4.35. The fraction of sp³-hybridized carbons (Fsp3) is 0.385. The highest BCUT2D eigenvalue weighted by molar-refractivity contribution is 5.85. The number of aryl methyl sites for hydroxylation is 1. The smallest absolute Gasteiger partial charge is 0.241 e. The van der Waals surface area contributed by atoms with Crippen molar-refractivity contribution in [3.63, 3.8) is 0 Å². The molecule has 0 amide bonds. The van der Waals surface area contributed by atoms with Gasteiger partial charge >= 0.3 is 0 Å².